The normalized spacial score (nSPS) is 19.5. The van der Waals surface area contributed by atoms with Gasteiger partial charge in [0.25, 0.3) is 5.91 Å². The summed E-state index contributed by atoms with van der Waals surface area (Å²) >= 11 is 0. The first-order valence-corrected chi connectivity index (χ1v) is 8.78. The first kappa shape index (κ1) is 15.1. The average Bonchev–Trinajstić information content (AvgIpc) is 2.89. The summed E-state index contributed by atoms with van der Waals surface area (Å²) in [5, 5.41) is 5.67. The third kappa shape index (κ3) is 2.74. The Morgan fingerprint density at radius 2 is 2.09 bits per heavy atom. The van der Waals surface area contributed by atoms with Crippen molar-refractivity contribution in [1.29, 1.82) is 0 Å². The molecule has 0 radical (unpaired) electrons. The summed E-state index contributed by atoms with van der Waals surface area (Å²) in [6.07, 6.45) is 3.11. The summed E-state index contributed by atoms with van der Waals surface area (Å²) in [5.74, 6) is 0.0795. The summed E-state index contributed by atoms with van der Waals surface area (Å²) in [6, 6.07) is 6.08. The van der Waals surface area contributed by atoms with E-state index in [2.05, 4.69) is 0 Å². The fourth-order valence-corrected chi connectivity index (χ4v) is 3.39. The van der Waals surface area contributed by atoms with E-state index in [1.165, 1.54) is 18.2 Å². The highest BCUT2D eigenvalue weighted by Gasteiger charge is 2.26. The number of carbonyl (C=O) groups excluding carboxylic acids is 1. The second-order valence-electron chi connectivity index (χ2n) is 5.70. The van der Waals surface area contributed by atoms with Crippen molar-refractivity contribution in [3.63, 3.8) is 0 Å². The standard InChI is InChI=1S/C15H18N2O4S/c1-10-4-2-3-7-17(10)15(18)14-9-11-8-12(22(16,19)20)5-6-13(11)21-14/h5-6,8-10H,2-4,7H2,1H3,(H2,16,19,20). The van der Waals surface area contributed by atoms with Gasteiger partial charge in [-0.2, -0.15) is 0 Å². The molecule has 1 aliphatic heterocycles. The fraction of sp³-hybridized carbons (Fsp3) is 0.400. The molecule has 1 amide bonds. The van der Waals surface area contributed by atoms with E-state index in [0.717, 1.165) is 25.8 Å². The second kappa shape index (κ2) is 5.40. The van der Waals surface area contributed by atoms with E-state index in [9.17, 15) is 13.2 Å². The second-order valence-corrected chi connectivity index (χ2v) is 7.26. The van der Waals surface area contributed by atoms with E-state index in [1.54, 1.807) is 6.07 Å². The molecule has 1 aromatic heterocycles. The first-order valence-electron chi connectivity index (χ1n) is 7.23. The lowest BCUT2D eigenvalue weighted by Crippen LogP contribution is -2.41. The zero-order valence-electron chi connectivity index (χ0n) is 12.3. The molecule has 2 heterocycles. The van der Waals surface area contributed by atoms with Crippen molar-refractivity contribution in [2.45, 2.75) is 37.1 Å². The minimum atomic E-state index is -3.77. The molecular weight excluding hydrogens is 304 g/mol. The number of benzene rings is 1. The molecule has 1 aromatic carbocycles. The summed E-state index contributed by atoms with van der Waals surface area (Å²) < 4.78 is 28.3. The Morgan fingerprint density at radius 1 is 1.32 bits per heavy atom. The number of piperidine rings is 1. The van der Waals surface area contributed by atoms with Crippen LogP contribution in [0.2, 0.25) is 0 Å². The van der Waals surface area contributed by atoms with Gasteiger partial charge in [0, 0.05) is 18.0 Å². The molecule has 0 saturated carbocycles. The summed E-state index contributed by atoms with van der Waals surface area (Å²) in [5.41, 5.74) is 0.473. The van der Waals surface area contributed by atoms with Crippen LogP contribution in [0.3, 0.4) is 0 Å². The molecule has 1 fully saturated rings. The molecule has 1 atom stereocenters. The number of rotatable bonds is 2. The van der Waals surface area contributed by atoms with Crippen molar-refractivity contribution in [1.82, 2.24) is 4.90 Å². The molecular formula is C15H18N2O4S. The Bertz CT molecular complexity index is 825. The van der Waals surface area contributed by atoms with Gasteiger partial charge in [-0.3, -0.25) is 4.79 Å². The molecule has 0 bridgehead atoms. The third-order valence-corrected chi connectivity index (χ3v) is 5.00. The molecule has 2 N–H and O–H groups in total. The number of carbonyl (C=O) groups is 1. The van der Waals surface area contributed by atoms with Gasteiger partial charge < -0.3 is 9.32 Å². The van der Waals surface area contributed by atoms with Gasteiger partial charge in [0.05, 0.1) is 4.90 Å². The van der Waals surface area contributed by atoms with Crippen LogP contribution in [0.25, 0.3) is 11.0 Å². The van der Waals surface area contributed by atoms with E-state index >= 15 is 0 Å². The molecule has 3 rings (SSSR count). The maximum atomic E-state index is 12.6. The van der Waals surface area contributed by atoms with E-state index in [-0.39, 0.29) is 22.6 Å². The van der Waals surface area contributed by atoms with Gasteiger partial charge >= 0.3 is 0 Å². The van der Waals surface area contributed by atoms with Crippen LogP contribution in [0.15, 0.2) is 33.6 Å². The zero-order chi connectivity index (χ0) is 15.9. The quantitative estimate of drug-likeness (QED) is 0.916. The highest BCUT2D eigenvalue weighted by molar-refractivity contribution is 7.89. The van der Waals surface area contributed by atoms with E-state index in [4.69, 9.17) is 9.56 Å². The lowest BCUT2D eigenvalue weighted by molar-refractivity contribution is 0.0605. The predicted octanol–water partition coefficient (Wildman–Crippen LogP) is 2.09. The van der Waals surface area contributed by atoms with E-state index < -0.39 is 10.0 Å². The highest BCUT2D eigenvalue weighted by atomic mass is 32.2. The molecule has 0 spiro atoms. The van der Waals surface area contributed by atoms with Crippen molar-refractivity contribution in [2.24, 2.45) is 5.14 Å². The first-order chi connectivity index (χ1) is 10.4. The Morgan fingerprint density at radius 3 is 2.77 bits per heavy atom. The number of sulfonamides is 1. The van der Waals surface area contributed by atoms with Crippen molar-refractivity contribution in [2.75, 3.05) is 6.54 Å². The Balaban J connectivity index is 1.96. The number of hydrogen-bond donors (Lipinski definition) is 1. The fourth-order valence-electron chi connectivity index (χ4n) is 2.85. The zero-order valence-corrected chi connectivity index (χ0v) is 13.1. The summed E-state index contributed by atoms with van der Waals surface area (Å²) in [6.45, 7) is 2.75. The Labute approximate surface area is 128 Å². The molecule has 7 heteroatoms. The average molecular weight is 322 g/mol. The minimum Gasteiger partial charge on any atom is -0.451 e. The van der Waals surface area contributed by atoms with Crippen molar-refractivity contribution in [3.05, 3.63) is 30.0 Å². The van der Waals surface area contributed by atoms with Crippen LogP contribution in [0.5, 0.6) is 0 Å². The molecule has 2 aromatic rings. The number of primary sulfonamides is 1. The van der Waals surface area contributed by atoms with Crippen molar-refractivity contribution >= 4 is 26.9 Å². The van der Waals surface area contributed by atoms with Crippen LogP contribution in [-0.4, -0.2) is 31.8 Å². The third-order valence-electron chi connectivity index (χ3n) is 4.09. The van der Waals surface area contributed by atoms with Crippen LogP contribution < -0.4 is 5.14 Å². The smallest absolute Gasteiger partial charge is 0.289 e. The van der Waals surface area contributed by atoms with Crippen molar-refractivity contribution in [3.8, 4) is 0 Å². The van der Waals surface area contributed by atoms with Crippen LogP contribution in [0.1, 0.15) is 36.7 Å². The number of nitrogens with zero attached hydrogens (tertiary/aromatic N) is 1. The molecule has 22 heavy (non-hydrogen) atoms. The number of fused-ring (bicyclic) bond motifs is 1. The minimum absolute atomic E-state index is 0.00568. The predicted molar refractivity (Wildman–Crippen MR) is 81.9 cm³/mol. The highest BCUT2D eigenvalue weighted by Crippen LogP contribution is 2.25. The number of nitrogens with two attached hydrogens (primary N) is 1. The molecule has 6 nitrogen and oxygen atoms in total. The lowest BCUT2D eigenvalue weighted by Gasteiger charge is -2.32. The molecule has 1 saturated heterocycles. The number of hydrogen-bond acceptors (Lipinski definition) is 4. The molecule has 118 valence electrons. The van der Waals surface area contributed by atoms with E-state index in [0.29, 0.717) is 11.0 Å². The van der Waals surface area contributed by atoms with Crippen molar-refractivity contribution < 1.29 is 17.6 Å². The van der Waals surface area contributed by atoms with Gasteiger partial charge in [0.2, 0.25) is 10.0 Å². The molecule has 0 aliphatic carbocycles. The summed E-state index contributed by atoms with van der Waals surface area (Å²) in [4.78, 5) is 14.4. The van der Waals surface area contributed by atoms with Gasteiger partial charge in [-0.25, -0.2) is 13.6 Å². The maximum absolute atomic E-state index is 12.6. The number of likely N-dealkylation sites (tertiary alicyclic amines) is 1. The Kier molecular flexibility index (Phi) is 3.70. The molecule has 1 unspecified atom stereocenters. The van der Waals surface area contributed by atoms with Gasteiger partial charge in [0.1, 0.15) is 5.58 Å². The SMILES string of the molecule is CC1CCCCN1C(=O)c1cc2cc(S(N)(=O)=O)ccc2o1. The Hall–Kier alpha value is -1.86. The van der Waals surface area contributed by atoms with Gasteiger partial charge in [-0.1, -0.05) is 0 Å². The molecule has 1 aliphatic rings. The topological polar surface area (TPSA) is 93.6 Å². The summed E-state index contributed by atoms with van der Waals surface area (Å²) in [7, 11) is -3.77. The lowest BCUT2D eigenvalue weighted by atomic mass is 10.0. The van der Waals surface area contributed by atoms with Gasteiger partial charge in [-0.05, 0) is 50.5 Å². The number of furan rings is 1. The van der Waals surface area contributed by atoms with E-state index in [1.807, 2.05) is 11.8 Å². The monoisotopic (exact) mass is 322 g/mol. The largest absolute Gasteiger partial charge is 0.451 e. The number of amides is 1. The van der Waals surface area contributed by atoms with Crippen LogP contribution in [0, 0.1) is 0 Å². The van der Waals surface area contributed by atoms with Crippen LogP contribution in [0.4, 0.5) is 0 Å². The van der Waals surface area contributed by atoms with Gasteiger partial charge in [-0.15, -0.1) is 0 Å². The van der Waals surface area contributed by atoms with Crippen LogP contribution in [-0.2, 0) is 10.0 Å². The van der Waals surface area contributed by atoms with Crippen LogP contribution >= 0.6 is 0 Å². The van der Waals surface area contributed by atoms with Gasteiger partial charge in [0.15, 0.2) is 5.76 Å². The maximum Gasteiger partial charge on any atom is 0.289 e.